The summed E-state index contributed by atoms with van der Waals surface area (Å²) in [4.78, 5) is 5.09. The minimum Gasteiger partial charge on any atom is -0.455 e. The topological polar surface area (TPSA) is 63.5 Å². The standard InChI is InChI=1S/C45H31N3OS2/c46-44(48-45(47-26-27-9-2-1-3-10-27)30-18-21-34-33-12-5-7-16-39(33)50-42(34)25-30)29-19-22-40-37(23-29)35-20-17-28(24-41(35)51-40)31-13-8-14-36-32-11-4-6-15-38(32)49-43(31)36/h1-25,44H,26,46H2,(H,47,48). The van der Waals surface area contributed by atoms with Gasteiger partial charge in [-0.15, -0.1) is 22.7 Å². The Hall–Kier alpha value is -5.79. The Balaban J connectivity index is 0.999. The summed E-state index contributed by atoms with van der Waals surface area (Å²) in [5, 5.41) is 10.9. The summed E-state index contributed by atoms with van der Waals surface area (Å²) in [6.07, 6.45) is -0.457. The molecule has 0 radical (unpaired) electrons. The van der Waals surface area contributed by atoms with Crippen molar-refractivity contribution in [2.75, 3.05) is 0 Å². The first-order valence-electron chi connectivity index (χ1n) is 17.1. The Kier molecular flexibility index (Phi) is 7.20. The van der Waals surface area contributed by atoms with Gasteiger partial charge in [-0.25, -0.2) is 0 Å². The van der Waals surface area contributed by atoms with E-state index in [9.17, 15) is 0 Å². The molecular formula is C45H31N3OS2. The SMILES string of the molecule is NC(N/C(=N\Cc1ccccc1)c1ccc2c(c1)sc1ccccc12)c1ccc2sc3cc(-c4cccc5c4oc4ccccc45)ccc3c2c1. The maximum absolute atomic E-state index is 6.97. The molecule has 0 spiro atoms. The zero-order valence-electron chi connectivity index (χ0n) is 27.5. The maximum Gasteiger partial charge on any atom is 0.143 e. The van der Waals surface area contributed by atoms with Crippen molar-refractivity contribution in [3.63, 3.8) is 0 Å². The van der Waals surface area contributed by atoms with Crippen LogP contribution in [-0.2, 0) is 6.54 Å². The number of hydrogen-bond acceptors (Lipinski definition) is 5. The summed E-state index contributed by atoms with van der Waals surface area (Å²) >= 11 is 3.62. The molecule has 3 N–H and O–H groups in total. The average Bonchev–Trinajstić information content (AvgIpc) is 3.87. The predicted molar refractivity (Wildman–Crippen MR) is 218 cm³/mol. The number of rotatable bonds is 6. The van der Waals surface area contributed by atoms with Crippen LogP contribution in [0.2, 0.25) is 0 Å². The van der Waals surface area contributed by atoms with Crippen molar-refractivity contribution in [3.8, 4) is 11.1 Å². The summed E-state index contributed by atoms with van der Waals surface area (Å²) in [5.74, 6) is 0.783. The van der Waals surface area contributed by atoms with Gasteiger partial charge in [0.15, 0.2) is 0 Å². The van der Waals surface area contributed by atoms with Crippen molar-refractivity contribution < 1.29 is 4.42 Å². The van der Waals surface area contributed by atoms with Gasteiger partial charge in [0.2, 0.25) is 0 Å². The Morgan fingerprint density at radius 2 is 1.29 bits per heavy atom. The number of nitrogens with one attached hydrogen (secondary N) is 1. The van der Waals surface area contributed by atoms with Gasteiger partial charge >= 0.3 is 0 Å². The lowest BCUT2D eigenvalue weighted by Crippen LogP contribution is -2.34. The number of nitrogens with two attached hydrogens (primary N) is 1. The molecule has 10 rings (SSSR count). The molecule has 0 saturated carbocycles. The Morgan fingerprint density at radius 3 is 2.20 bits per heavy atom. The van der Waals surface area contributed by atoms with E-state index in [4.69, 9.17) is 15.1 Å². The number of thiophene rings is 2. The molecule has 0 aliphatic carbocycles. The lowest BCUT2D eigenvalue weighted by Gasteiger charge is -2.18. The molecule has 1 atom stereocenters. The van der Waals surface area contributed by atoms with Crippen molar-refractivity contribution in [3.05, 3.63) is 168 Å². The summed E-state index contributed by atoms with van der Waals surface area (Å²) in [6, 6.07) is 53.5. The fraction of sp³-hybridized carbons (Fsp3) is 0.0444. The van der Waals surface area contributed by atoms with Crippen LogP contribution in [-0.4, -0.2) is 5.84 Å². The normalized spacial score (nSPS) is 12.9. The monoisotopic (exact) mass is 693 g/mol. The van der Waals surface area contributed by atoms with Gasteiger partial charge in [0, 0.05) is 62.2 Å². The number of aliphatic imine (C=N–C) groups is 1. The van der Waals surface area contributed by atoms with E-state index in [-0.39, 0.29) is 0 Å². The van der Waals surface area contributed by atoms with E-state index in [0.717, 1.165) is 55.6 Å². The van der Waals surface area contributed by atoms with E-state index in [0.29, 0.717) is 6.54 Å². The highest BCUT2D eigenvalue weighted by Crippen LogP contribution is 2.41. The molecule has 0 aliphatic rings. The molecule has 1 unspecified atom stereocenters. The van der Waals surface area contributed by atoms with Gasteiger partial charge in [0.05, 0.1) is 6.54 Å². The second kappa shape index (κ2) is 12.2. The van der Waals surface area contributed by atoms with E-state index in [1.165, 1.54) is 40.3 Å². The molecule has 0 bridgehead atoms. The summed E-state index contributed by atoms with van der Waals surface area (Å²) < 4.78 is 11.3. The molecule has 0 aliphatic heterocycles. The Labute approximate surface area is 302 Å². The number of nitrogens with zero attached hydrogens (tertiary/aromatic N) is 1. The second-order valence-corrected chi connectivity index (χ2v) is 15.1. The lowest BCUT2D eigenvalue weighted by molar-refractivity contribution is 0.670. The van der Waals surface area contributed by atoms with Crippen LogP contribution in [0.3, 0.4) is 0 Å². The van der Waals surface area contributed by atoms with Gasteiger partial charge in [-0.1, -0.05) is 115 Å². The van der Waals surface area contributed by atoms with Crippen LogP contribution < -0.4 is 11.1 Å². The minimum atomic E-state index is -0.457. The highest BCUT2D eigenvalue weighted by atomic mass is 32.1. The zero-order chi connectivity index (χ0) is 33.9. The van der Waals surface area contributed by atoms with Gasteiger partial charge in [-0.05, 0) is 53.1 Å². The quantitative estimate of drug-likeness (QED) is 0.103. The number of benzene rings is 7. The summed E-state index contributed by atoms with van der Waals surface area (Å²) in [5.41, 5.74) is 14.2. The molecule has 0 fully saturated rings. The van der Waals surface area contributed by atoms with Crippen molar-refractivity contribution >= 4 is 90.8 Å². The first kappa shape index (κ1) is 30.1. The number of para-hydroxylation sites is 2. The Morgan fingerprint density at radius 1 is 0.588 bits per heavy atom. The third kappa shape index (κ3) is 5.27. The average molecular weight is 694 g/mol. The predicted octanol–water partition coefficient (Wildman–Crippen LogP) is 12.2. The molecule has 4 nitrogen and oxygen atoms in total. The Bertz CT molecular complexity index is 2950. The summed E-state index contributed by atoms with van der Waals surface area (Å²) in [7, 11) is 0. The molecule has 0 amide bonds. The van der Waals surface area contributed by atoms with Gasteiger partial charge in [-0.3, -0.25) is 4.99 Å². The molecule has 0 saturated heterocycles. The fourth-order valence-electron chi connectivity index (χ4n) is 7.21. The first-order chi connectivity index (χ1) is 25.2. The van der Waals surface area contributed by atoms with Crippen molar-refractivity contribution in [2.45, 2.75) is 12.7 Å². The highest BCUT2D eigenvalue weighted by molar-refractivity contribution is 7.26. The third-order valence-electron chi connectivity index (χ3n) is 9.78. The van der Waals surface area contributed by atoms with Gasteiger partial charge in [-0.2, -0.15) is 0 Å². The molecule has 51 heavy (non-hydrogen) atoms. The third-order valence-corrected chi connectivity index (χ3v) is 12.0. The first-order valence-corrected chi connectivity index (χ1v) is 18.7. The van der Waals surface area contributed by atoms with Crippen molar-refractivity contribution in [1.82, 2.24) is 5.32 Å². The molecular weight excluding hydrogens is 663 g/mol. The zero-order valence-corrected chi connectivity index (χ0v) is 29.1. The van der Waals surface area contributed by atoms with Gasteiger partial charge < -0.3 is 15.5 Å². The van der Waals surface area contributed by atoms with Crippen LogP contribution in [0, 0.1) is 0 Å². The van der Waals surface area contributed by atoms with Crippen LogP contribution in [0.15, 0.2) is 161 Å². The number of fused-ring (bicyclic) bond motifs is 9. The van der Waals surface area contributed by atoms with E-state index >= 15 is 0 Å². The van der Waals surface area contributed by atoms with E-state index in [1.807, 2.05) is 29.5 Å². The molecule has 6 heteroatoms. The van der Waals surface area contributed by atoms with Crippen LogP contribution in [0.4, 0.5) is 0 Å². The smallest absolute Gasteiger partial charge is 0.143 e. The van der Waals surface area contributed by atoms with Crippen LogP contribution >= 0.6 is 22.7 Å². The molecule has 3 heterocycles. The van der Waals surface area contributed by atoms with Gasteiger partial charge in [0.1, 0.15) is 23.2 Å². The minimum absolute atomic E-state index is 0.457. The molecule has 244 valence electrons. The highest BCUT2D eigenvalue weighted by Gasteiger charge is 2.17. The van der Waals surface area contributed by atoms with Crippen LogP contribution in [0.1, 0.15) is 22.9 Å². The van der Waals surface area contributed by atoms with E-state index in [1.54, 1.807) is 11.3 Å². The number of furan rings is 1. The van der Waals surface area contributed by atoms with Crippen molar-refractivity contribution in [1.29, 1.82) is 0 Å². The van der Waals surface area contributed by atoms with Crippen LogP contribution in [0.25, 0.3) is 73.4 Å². The van der Waals surface area contributed by atoms with E-state index in [2.05, 4.69) is 139 Å². The summed E-state index contributed by atoms with van der Waals surface area (Å²) in [6.45, 7) is 0.554. The van der Waals surface area contributed by atoms with Gasteiger partial charge in [0.25, 0.3) is 0 Å². The second-order valence-electron chi connectivity index (χ2n) is 12.9. The van der Waals surface area contributed by atoms with E-state index < -0.39 is 6.17 Å². The largest absolute Gasteiger partial charge is 0.455 e. The maximum atomic E-state index is 6.97. The van der Waals surface area contributed by atoms with Crippen molar-refractivity contribution in [2.24, 2.45) is 10.7 Å². The number of hydrogen-bond donors (Lipinski definition) is 2. The van der Waals surface area contributed by atoms with Crippen LogP contribution in [0.5, 0.6) is 0 Å². The lowest BCUT2D eigenvalue weighted by atomic mass is 10.0. The number of amidine groups is 1. The fourth-order valence-corrected chi connectivity index (χ4v) is 9.48. The molecule has 10 aromatic rings. The molecule has 3 aromatic heterocycles. The molecule has 7 aromatic carbocycles.